The van der Waals surface area contributed by atoms with Gasteiger partial charge in [-0.05, 0) is 36.1 Å². The summed E-state index contributed by atoms with van der Waals surface area (Å²) in [6.45, 7) is 0. The van der Waals surface area contributed by atoms with Crippen molar-refractivity contribution in [1.82, 2.24) is 5.32 Å². The molecule has 2 N–H and O–H groups in total. The first kappa shape index (κ1) is 19.4. The van der Waals surface area contributed by atoms with E-state index in [1.807, 2.05) is 66.9 Å². The molecule has 0 aliphatic rings. The van der Waals surface area contributed by atoms with E-state index in [0.29, 0.717) is 12.2 Å². The summed E-state index contributed by atoms with van der Waals surface area (Å²) in [7, 11) is 0. The minimum absolute atomic E-state index is 0.284. The summed E-state index contributed by atoms with van der Waals surface area (Å²) in [5.41, 5.74) is 0.850. The van der Waals surface area contributed by atoms with Gasteiger partial charge in [0, 0.05) is 4.90 Å². The summed E-state index contributed by atoms with van der Waals surface area (Å²) in [6, 6.07) is 18.2. The molecule has 6 heteroatoms. The van der Waals surface area contributed by atoms with Gasteiger partial charge in [0.2, 0.25) is 5.91 Å². The van der Waals surface area contributed by atoms with Crippen molar-refractivity contribution in [1.29, 1.82) is 0 Å². The van der Waals surface area contributed by atoms with Crippen LogP contribution in [-0.4, -0.2) is 35.0 Å². The number of hydrogen-bond donors (Lipinski definition) is 2. The number of aliphatic carboxylic acids is 1. The molecule has 0 spiro atoms. The minimum atomic E-state index is -1.00. The van der Waals surface area contributed by atoms with E-state index < -0.39 is 17.3 Å². The highest BCUT2D eigenvalue weighted by atomic mass is 32.2. The summed E-state index contributed by atoms with van der Waals surface area (Å²) in [6.07, 6.45) is 2.32. The number of rotatable bonds is 9. The van der Waals surface area contributed by atoms with Crippen LogP contribution in [0.15, 0.2) is 65.6 Å². The maximum atomic E-state index is 12.8. The first-order valence-electron chi connectivity index (χ1n) is 7.90. The van der Waals surface area contributed by atoms with Gasteiger partial charge in [-0.15, -0.1) is 11.8 Å². The molecule has 0 saturated carbocycles. The Morgan fingerprint density at radius 3 is 2.20 bits per heavy atom. The van der Waals surface area contributed by atoms with Crippen LogP contribution < -0.4 is 5.32 Å². The predicted octanol–water partition coefficient (Wildman–Crippen LogP) is 3.84. The number of amides is 1. The number of nitrogens with one attached hydrogen (secondary N) is 1. The van der Waals surface area contributed by atoms with Crippen LogP contribution in [0.4, 0.5) is 0 Å². The Bertz CT molecular complexity index is 680. The maximum Gasteiger partial charge on any atom is 0.326 e. The Morgan fingerprint density at radius 2 is 1.64 bits per heavy atom. The first-order valence-corrected chi connectivity index (χ1v) is 10.2. The van der Waals surface area contributed by atoms with Gasteiger partial charge in [-0.1, -0.05) is 48.5 Å². The van der Waals surface area contributed by atoms with Crippen LogP contribution in [-0.2, 0) is 9.59 Å². The lowest BCUT2D eigenvalue weighted by Gasteiger charge is -2.20. The van der Waals surface area contributed by atoms with Crippen LogP contribution in [0.3, 0.4) is 0 Å². The van der Waals surface area contributed by atoms with Gasteiger partial charge in [0.05, 0.1) is 0 Å². The third-order valence-corrected chi connectivity index (χ3v) is 5.47. The molecule has 0 aromatic heterocycles. The van der Waals surface area contributed by atoms with Gasteiger partial charge in [-0.3, -0.25) is 4.79 Å². The zero-order valence-electron chi connectivity index (χ0n) is 13.9. The predicted molar refractivity (Wildman–Crippen MR) is 104 cm³/mol. The molecule has 2 rings (SSSR count). The summed E-state index contributed by atoms with van der Waals surface area (Å²) in [4.78, 5) is 25.2. The van der Waals surface area contributed by atoms with Crippen molar-refractivity contribution in [3.8, 4) is 0 Å². The minimum Gasteiger partial charge on any atom is -0.480 e. The average Bonchev–Trinajstić information content (AvgIpc) is 2.64. The van der Waals surface area contributed by atoms with Crippen LogP contribution >= 0.6 is 23.5 Å². The normalized spacial score (nSPS) is 13.0. The standard InChI is InChI=1S/C19H21NO3S2/c1-24-13-12-16(19(22)23)20-18(21)17(14-8-4-2-5-9-14)25-15-10-6-3-7-11-15/h2-11,16-17H,12-13H2,1H3,(H,20,21)(H,22,23)/t16-,17+/m0/s1. The van der Waals surface area contributed by atoms with E-state index in [9.17, 15) is 14.7 Å². The Labute approximate surface area is 156 Å². The van der Waals surface area contributed by atoms with Gasteiger partial charge in [0.15, 0.2) is 0 Å². The van der Waals surface area contributed by atoms with Crippen molar-refractivity contribution >= 4 is 35.4 Å². The summed E-state index contributed by atoms with van der Waals surface area (Å²) < 4.78 is 0. The lowest BCUT2D eigenvalue weighted by Crippen LogP contribution is -2.42. The van der Waals surface area contributed by atoms with E-state index in [0.717, 1.165) is 10.5 Å². The molecule has 0 aliphatic heterocycles. The van der Waals surface area contributed by atoms with E-state index in [-0.39, 0.29) is 5.91 Å². The monoisotopic (exact) mass is 375 g/mol. The molecule has 1 amide bonds. The van der Waals surface area contributed by atoms with Gasteiger partial charge in [0.25, 0.3) is 0 Å². The summed E-state index contributed by atoms with van der Waals surface area (Å²) in [5.74, 6) is -0.605. The molecule has 0 radical (unpaired) electrons. The molecule has 2 aromatic rings. The van der Waals surface area contributed by atoms with E-state index in [1.165, 1.54) is 11.8 Å². The van der Waals surface area contributed by atoms with E-state index >= 15 is 0 Å². The molecule has 25 heavy (non-hydrogen) atoms. The van der Waals surface area contributed by atoms with Crippen LogP contribution in [0.1, 0.15) is 17.2 Å². The molecule has 0 heterocycles. The van der Waals surface area contributed by atoms with Crippen molar-refractivity contribution in [2.24, 2.45) is 0 Å². The average molecular weight is 376 g/mol. The van der Waals surface area contributed by atoms with Crippen molar-refractivity contribution in [2.45, 2.75) is 22.6 Å². The molecule has 0 fully saturated rings. The Hall–Kier alpha value is -1.92. The molecule has 0 bridgehead atoms. The molecular weight excluding hydrogens is 354 g/mol. The molecule has 0 aliphatic carbocycles. The number of carboxylic acids is 1. The second kappa shape index (κ2) is 10.2. The van der Waals surface area contributed by atoms with Gasteiger partial charge >= 0.3 is 5.97 Å². The summed E-state index contributed by atoms with van der Waals surface area (Å²) >= 11 is 2.98. The molecule has 2 aromatic carbocycles. The van der Waals surface area contributed by atoms with Gasteiger partial charge in [0.1, 0.15) is 11.3 Å². The second-order valence-corrected chi connectivity index (χ2v) is 7.57. The molecule has 132 valence electrons. The van der Waals surface area contributed by atoms with Crippen LogP contribution in [0.25, 0.3) is 0 Å². The van der Waals surface area contributed by atoms with Crippen molar-refractivity contribution in [3.63, 3.8) is 0 Å². The first-order chi connectivity index (χ1) is 12.1. The molecule has 4 nitrogen and oxygen atoms in total. The fourth-order valence-corrected chi connectivity index (χ4v) is 3.80. The quantitative estimate of drug-likeness (QED) is 0.652. The Kier molecular flexibility index (Phi) is 7.88. The summed E-state index contributed by atoms with van der Waals surface area (Å²) in [5, 5.41) is 11.6. The SMILES string of the molecule is CSCC[C@H](NC(=O)[C@H](Sc1ccccc1)c1ccccc1)C(=O)O. The highest BCUT2D eigenvalue weighted by Gasteiger charge is 2.27. The van der Waals surface area contributed by atoms with Crippen LogP contribution in [0.5, 0.6) is 0 Å². The molecular formula is C19H21NO3S2. The van der Waals surface area contributed by atoms with Gasteiger partial charge < -0.3 is 10.4 Å². The van der Waals surface area contributed by atoms with Crippen molar-refractivity contribution < 1.29 is 14.7 Å². The number of benzene rings is 2. The molecule has 0 saturated heterocycles. The fraction of sp³-hybridized carbons (Fsp3) is 0.263. The van der Waals surface area contributed by atoms with Crippen LogP contribution in [0.2, 0.25) is 0 Å². The van der Waals surface area contributed by atoms with Crippen LogP contribution in [0, 0.1) is 0 Å². The number of carbonyl (C=O) groups excluding carboxylic acids is 1. The molecule has 0 unspecified atom stereocenters. The second-order valence-electron chi connectivity index (χ2n) is 5.40. The topological polar surface area (TPSA) is 66.4 Å². The number of thioether (sulfide) groups is 2. The van der Waals surface area contributed by atoms with Gasteiger partial charge in [-0.25, -0.2) is 4.79 Å². The fourth-order valence-electron chi connectivity index (χ4n) is 2.28. The Morgan fingerprint density at radius 1 is 1.04 bits per heavy atom. The Balaban J connectivity index is 2.19. The van der Waals surface area contributed by atoms with Crippen molar-refractivity contribution in [2.75, 3.05) is 12.0 Å². The lowest BCUT2D eigenvalue weighted by atomic mass is 10.1. The van der Waals surface area contributed by atoms with Gasteiger partial charge in [-0.2, -0.15) is 11.8 Å². The third-order valence-electron chi connectivity index (χ3n) is 3.56. The third kappa shape index (κ3) is 6.14. The highest BCUT2D eigenvalue weighted by molar-refractivity contribution is 8.00. The zero-order valence-corrected chi connectivity index (χ0v) is 15.6. The highest BCUT2D eigenvalue weighted by Crippen LogP contribution is 2.35. The van der Waals surface area contributed by atoms with E-state index in [1.54, 1.807) is 11.8 Å². The van der Waals surface area contributed by atoms with Crippen molar-refractivity contribution in [3.05, 3.63) is 66.2 Å². The maximum absolute atomic E-state index is 12.8. The lowest BCUT2D eigenvalue weighted by molar-refractivity contribution is -0.141. The number of carboxylic acid groups (broad SMARTS) is 1. The zero-order chi connectivity index (χ0) is 18.1. The number of hydrogen-bond acceptors (Lipinski definition) is 4. The van der Waals surface area contributed by atoms with E-state index in [2.05, 4.69) is 5.32 Å². The molecule has 2 atom stereocenters. The number of carbonyl (C=O) groups is 2. The largest absolute Gasteiger partial charge is 0.480 e. The van der Waals surface area contributed by atoms with E-state index in [4.69, 9.17) is 0 Å². The smallest absolute Gasteiger partial charge is 0.326 e.